The van der Waals surface area contributed by atoms with Crippen LogP contribution in [0.3, 0.4) is 0 Å². The van der Waals surface area contributed by atoms with Crippen molar-refractivity contribution in [2.24, 2.45) is 11.8 Å². The number of hydrogen-bond donors (Lipinski definition) is 0. The highest BCUT2D eigenvalue weighted by molar-refractivity contribution is 5.65. The monoisotopic (exact) mass is 384 g/mol. The minimum Gasteiger partial charge on any atom is -0.491 e. The predicted octanol–water partition coefficient (Wildman–Crippen LogP) is 7.49. The van der Waals surface area contributed by atoms with Gasteiger partial charge in [-0.15, -0.1) is 0 Å². The summed E-state index contributed by atoms with van der Waals surface area (Å²) >= 11 is 0. The molecule has 3 heteroatoms. The van der Waals surface area contributed by atoms with E-state index in [-0.39, 0.29) is 11.3 Å². The van der Waals surface area contributed by atoms with Crippen molar-refractivity contribution in [1.82, 2.24) is 0 Å². The molecule has 1 nitrogen and oxygen atoms in total. The molecule has 0 heterocycles. The molecule has 0 atom stereocenters. The van der Waals surface area contributed by atoms with Gasteiger partial charge in [0.15, 0.2) is 11.6 Å². The lowest BCUT2D eigenvalue weighted by molar-refractivity contribution is 0.235. The number of ether oxygens (including phenoxy) is 1. The van der Waals surface area contributed by atoms with E-state index < -0.39 is 11.6 Å². The van der Waals surface area contributed by atoms with Crippen LogP contribution in [-0.2, 0) is 0 Å². The fraction of sp³-hybridized carbons (Fsp3) is 0.520. The Morgan fingerprint density at radius 1 is 0.786 bits per heavy atom. The molecule has 2 aromatic rings. The van der Waals surface area contributed by atoms with E-state index in [9.17, 15) is 8.78 Å². The lowest BCUT2D eigenvalue weighted by Gasteiger charge is -2.32. The lowest BCUT2D eigenvalue weighted by atomic mass is 9.73. The zero-order valence-electron chi connectivity index (χ0n) is 16.7. The van der Waals surface area contributed by atoms with Gasteiger partial charge >= 0.3 is 0 Å². The summed E-state index contributed by atoms with van der Waals surface area (Å²) in [6, 6.07) is 11.2. The van der Waals surface area contributed by atoms with Gasteiger partial charge in [-0.05, 0) is 73.6 Å². The smallest absolute Gasteiger partial charge is 0.201 e. The van der Waals surface area contributed by atoms with Crippen molar-refractivity contribution in [3.63, 3.8) is 0 Å². The standard InChI is InChI=1S/C25H30F2O/c1-2-28-23-16-15-22(24(26)25(23)27)21-13-11-20(12-14-21)19-9-7-18(8-10-19)17-5-3-4-6-17/h11-19H,2-10H2,1H3. The largest absolute Gasteiger partial charge is 0.491 e. The van der Waals surface area contributed by atoms with Crippen molar-refractivity contribution in [2.45, 2.75) is 64.2 Å². The van der Waals surface area contributed by atoms with Crippen LogP contribution in [0, 0.1) is 23.5 Å². The van der Waals surface area contributed by atoms with E-state index in [4.69, 9.17) is 4.74 Å². The zero-order valence-corrected chi connectivity index (χ0v) is 16.7. The Kier molecular flexibility index (Phi) is 5.99. The van der Waals surface area contributed by atoms with Crippen molar-refractivity contribution < 1.29 is 13.5 Å². The van der Waals surface area contributed by atoms with E-state index in [1.54, 1.807) is 13.0 Å². The molecule has 0 aliphatic heterocycles. The Morgan fingerprint density at radius 2 is 1.43 bits per heavy atom. The second-order valence-corrected chi connectivity index (χ2v) is 8.45. The first-order chi connectivity index (χ1) is 13.7. The van der Waals surface area contributed by atoms with Crippen molar-refractivity contribution in [3.8, 4) is 16.9 Å². The molecule has 2 aliphatic carbocycles. The summed E-state index contributed by atoms with van der Waals surface area (Å²) in [5, 5.41) is 0. The average Bonchev–Trinajstić information content (AvgIpc) is 3.27. The topological polar surface area (TPSA) is 9.23 Å². The maximum atomic E-state index is 14.5. The zero-order chi connectivity index (χ0) is 19.5. The number of halogens is 2. The van der Waals surface area contributed by atoms with E-state index in [0.717, 1.165) is 11.8 Å². The van der Waals surface area contributed by atoms with Crippen LogP contribution in [0.5, 0.6) is 5.75 Å². The van der Waals surface area contributed by atoms with Crippen LogP contribution in [0.1, 0.15) is 69.8 Å². The number of rotatable bonds is 5. The Morgan fingerprint density at radius 3 is 2.07 bits per heavy atom. The van der Waals surface area contributed by atoms with Gasteiger partial charge in [0.05, 0.1) is 6.61 Å². The molecule has 0 aromatic heterocycles. The Hall–Kier alpha value is -1.90. The molecule has 0 saturated heterocycles. The number of hydrogen-bond acceptors (Lipinski definition) is 1. The second-order valence-electron chi connectivity index (χ2n) is 8.45. The summed E-state index contributed by atoms with van der Waals surface area (Å²) in [7, 11) is 0. The predicted molar refractivity (Wildman–Crippen MR) is 110 cm³/mol. The molecule has 2 saturated carbocycles. The van der Waals surface area contributed by atoms with Gasteiger partial charge in [-0.1, -0.05) is 49.9 Å². The van der Waals surface area contributed by atoms with Gasteiger partial charge in [-0.25, -0.2) is 4.39 Å². The number of benzene rings is 2. The summed E-state index contributed by atoms with van der Waals surface area (Å²) in [4.78, 5) is 0. The Labute approximate surface area is 167 Å². The Balaban J connectivity index is 1.44. The van der Waals surface area contributed by atoms with Gasteiger partial charge < -0.3 is 4.74 Å². The second kappa shape index (κ2) is 8.63. The van der Waals surface area contributed by atoms with E-state index in [0.29, 0.717) is 18.1 Å². The van der Waals surface area contributed by atoms with Crippen LogP contribution in [0.4, 0.5) is 8.78 Å². The minimum atomic E-state index is -0.909. The molecule has 2 aromatic carbocycles. The van der Waals surface area contributed by atoms with Crippen LogP contribution in [-0.4, -0.2) is 6.61 Å². The van der Waals surface area contributed by atoms with E-state index in [1.807, 2.05) is 12.1 Å². The van der Waals surface area contributed by atoms with Gasteiger partial charge in [-0.2, -0.15) is 4.39 Å². The normalized spacial score (nSPS) is 23.1. The van der Waals surface area contributed by atoms with Crippen molar-refractivity contribution in [1.29, 1.82) is 0 Å². The minimum absolute atomic E-state index is 0.0283. The van der Waals surface area contributed by atoms with Crippen molar-refractivity contribution in [3.05, 3.63) is 53.6 Å². The third-order valence-electron chi connectivity index (χ3n) is 6.88. The van der Waals surface area contributed by atoms with Gasteiger partial charge in [0.2, 0.25) is 5.82 Å². The molecule has 0 bridgehead atoms. The molecule has 0 spiro atoms. The summed E-state index contributed by atoms with van der Waals surface area (Å²) in [6.07, 6.45) is 10.9. The quantitative estimate of drug-likeness (QED) is 0.519. The molecule has 2 fully saturated rings. The van der Waals surface area contributed by atoms with E-state index >= 15 is 0 Å². The molecule has 0 unspecified atom stereocenters. The molecule has 4 rings (SSSR count). The van der Waals surface area contributed by atoms with Crippen LogP contribution in [0.15, 0.2) is 36.4 Å². The highest BCUT2D eigenvalue weighted by atomic mass is 19.2. The summed E-state index contributed by atoms with van der Waals surface area (Å²) in [5.74, 6) is 0.734. The van der Waals surface area contributed by atoms with Crippen molar-refractivity contribution in [2.75, 3.05) is 6.61 Å². The maximum Gasteiger partial charge on any atom is 0.201 e. The first-order valence-corrected chi connectivity index (χ1v) is 10.9. The third kappa shape index (κ3) is 3.94. The third-order valence-corrected chi connectivity index (χ3v) is 6.88. The van der Waals surface area contributed by atoms with Crippen LogP contribution in [0.25, 0.3) is 11.1 Å². The van der Waals surface area contributed by atoms with Crippen LogP contribution < -0.4 is 4.74 Å². The van der Waals surface area contributed by atoms with Crippen molar-refractivity contribution >= 4 is 0 Å². The van der Waals surface area contributed by atoms with Gasteiger partial charge in [0, 0.05) is 5.56 Å². The molecule has 150 valence electrons. The molecular weight excluding hydrogens is 354 g/mol. The van der Waals surface area contributed by atoms with E-state index in [2.05, 4.69) is 12.1 Å². The van der Waals surface area contributed by atoms with Crippen LogP contribution >= 0.6 is 0 Å². The molecular formula is C25H30F2O. The summed E-state index contributed by atoms with van der Waals surface area (Å²) in [5.41, 5.74) is 2.33. The van der Waals surface area contributed by atoms with Crippen LogP contribution in [0.2, 0.25) is 0 Å². The summed E-state index contributed by atoms with van der Waals surface area (Å²) in [6.45, 7) is 2.07. The highest BCUT2D eigenvalue weighted by Gasteiger charge is 2.29. The average molecular weight is 385 g/mol. The summed E-state index contributed by atoms with van der Waals surface area (Å²) < 4.78 is 33.8. The first kappa shape index (κ1) is 19.4. The molecule has 2 aliphatic rings. The van der Waals surface area contributed by atoms with Gasteiger partial charge in [0.1, 0.15) is 0 Å². The first-order valence-electron chi connectivity index (χ1n) is 10.9. The fourth-order valence-corrected chi connectivity index (χ4v) is 5.31. The molecule has 28 heavy (non-hydrogen) atoms. The van der Waals surface area contributed by atoms with Gasteiger partial charge in [0.25, 0.3) is 0 Å². The molecule has 0 radical (unpaired) electrons. The maximum absolute atomic E-state index is 14.5. The highest BCUT2D eigenvalue weighted by Crippen LogP contribution is 2.43. The SMILES string of the molecule is CCOc1ccc(-c2ccc(C3CCC(C4CCCC4)CC3)cc2)c(F)c1F. The van der Waals surface area contributed by atoms with Gasteiger partial charge in [-0.3, -0.25) is 0 Å². The lowest BCUT2D eigenvalue weighted by Crippen LogP contribution is -2.19. The fourth-order valence-electron chi connectivity index (χ4n) is 5.31. The van der Waals surface area contributed by atoms with E-state index in [1.165, 1.54) is 63.0 Å². The molecule has 0 amide bonds. The molecule has 0 N–H and O–H groups in total. The Bertz CT molecular complexity index is 785.